The van der Waals surface area contributed by atoms with Crippen LogP contribution in [-0.2, 0) is 6.61 Å². The van der Waals surface area contributed by atoms with Crippen LogP contribution < -0.4 is 14.8 Å². The van der Waals surface area contributed by atoms with Gasteiger partial charge >= 0.3 is 0 Å². The molecule has 0 bridgehead atoms. The minimum Gasteiger partial charge on any atom is -0.489 e. The number of para-hydroxylation sites is 2. The van der Waals surface area contributed by atoms with E-state index in [1.54, 1.807) is 0 Å². The molecule has 1 N–H and O–H groups in total. The monoisotopic (exact) mass is 333 g/mol. The maximum absolute atomic E-state index is 6.00. The lowest BCUT2D eigenvalue weighted by Gasteiger charge is -2.23. The molecule has 1 atom stereocenters. The molecule has 1 saturated heterocycles. The number of nitrogens with one attached hydrogen (secondary N) is 1. The molecular formula is C19H24ClNO2. The van der Waals surface area contributed by atoms with Crippen LogP contribution in [0.4, 0.5) is 0 Å². The van der Waals surface area contributed by atoms with Crippen LogP contribution >= 0.6 is 12.4 Å². The van der Waals surface area contributed by atoms with Crippen molar-refractivity contribution in [2.75, 3.05) is 19.7 Å². The summed E-state index contributed by atoms with van der Waals surface area (Å²) >= 11 is 0. The Morgan fingerprint density at radius 3 is 2.30 bits per heavy atom. The average Bonchev–Trinajstić information content (AvgIpc) is 2.61. The van der Waals surface area contributed by atoms with Gasteiger partial charge in [-0.05, 0) is 37.1 Å². The first-order valence-electron chi connectivity index (χ1n) is 8.01. The fourth-order valence-electron chi connectivity index (χ4n) is 2.70. The van der Waals surface area contributed by atoms with Gasteiger partial charge in [0.05, 0.1) is 6.61 Å². The lowest BCUT2D eigenvalue weighted by Crippen LogP contribution is -2.33. The van der Waals surface area contributed by atoms with Crippen molar-refractivity contribution in [1.29, 1.82) is 0 Å². The normalized spacial score (nSPS) is 17.1. The fourth-order valence-corrected chi connectivity index (χ4v) is 2.70. The van der Waals surface area contributed by atoms with E-state index in [-0.39, 0.29) is 12.4 Å². The quantitative estimate of drug-likeness (QED) is 0.864. The maximum atomic E-state index is 6.00. The number of halogens is 1. The zero-order valence-electron chi connectivity index (χ0n) is 13.2. The van der Waals surface area contributed by atoms with E-state index in [0.29, 0.717) is 12.5 Å². The van der Waals surface area contributed by atoms with E-state index in [9.17, 15) is 0 Å². The predicted molar refractivity (Wildman–Crippen MR) is 95.6 cm³/mol. The Morgan fingerprint density at radius 2 is 1.61 bits per heavy atom. The van der Waals surface area contributed by atoms with Crippen LogP contribution in [0.5, 0.6) is 11.5 Å². The molecule has 0 spiro atoms. The van der Waals surface area contributed by atoms with Crippen LogP contribution in [0.2, 0.25) is 0 Å². The summed E-state index contributed by atoms with van der Waals surface area (Å²) in [4.78, 5) is 0. The summed E-state index contributed by atoms with van der Waals surface area (Å²) in [6.45, 7) is 3.49. The predicted octanol–water partition coefficient (Wildman–Crippen LogP) is 4.07. The highest BCUT2D eigenvalue weighted by Gasteiger charge is 2.14. The number of ether oxygens (including phenoxy) is 2. The molecule has 2 aromatic carbocycles. The molecule has 1 heterocycles. The van der Waals surface area contributed by atoms with Crippen molar-refractivity contribution in [1.82, 2.24) is 5.32 Å². The van der Waals surface area contributed by atoms with Gasteiger partial charge in [-0.25, -0.2) is 0 Å². The van der Waals surface area contributed by atoms with Crippen molar-refractivity contribution in [3.8, 4) is 11.5 Å². The second-order valence-corrected chi connectivity index (χ2v) is 5.74. The first kappa shape index (κ1) is 17.6. The molecule has 3 nitrogen and oxygen atoms in total. The van der Waals surface area contributed by atoms with Gasteiger partial charge < -0.3 is 14.8 Å². The van der Waals surface area contributed by atoms with Gasteiger partial charge in [0.25, 0.3) is 0 Å². The Labute approximate surface area is 144 Å². The third-order valence-electron chi connectivity index (χ3n) is 3.96. The summed E-state index contributed by atoms with van der Waals surface area (Å²) in [5, 5.41) is 3.42. The zero-order chi connectivity index (χ0) is 15.0. The molecule has 1 aliphatic heterocycles. The number of benzene rings is 2. The van der Waals surface area contributed by atoms with Gasteiger partial charge in [0.15, 0.2) is 11.5 Å². The summed E-state index contributed by atoms with van der Waals surface area (Å²) < 4.78 is 11.9. The molecule has 4 heteroatoms. The van der Waals surface area contributed by atoms with Gasteiger partial charge in [0, 0.05) is 12.5 Å². The van der Waals surface area contributed by atoms with Crippen LogP contribution in [0.3, 0.4) is 0 Å². The van der Waals surface area contributed by atoms with Crippen molar-refractivity contribution < 1.29 is 9.47 Å². The third-order valence-corrected chi connectivity index (χ3v) is 3.96. The molecule has 2 aromatic rings. The third kappa shape index (κ3) is 5.45. The SMILES string of the molecule is Cl.c1ccc(COc2ccccc2OC[C@H]2CCCNC2)cc1. The lowest BCUT2D eigenvalue weighted by atomic mass is 10.0. The molecule has 0 aromatic heterocycles. The molecule has 1 fully saturated rings. The average molecular weight is 334 g/mol. The minimum absolute atomic E-state index is 0. The maximum Gasteiger partial charge on any atom is 0.161 e. The molecule has 0 amide bonds. The topological polar surface area (TPSA) is 30.5 Å². The van der Waals surface area contributed by atoms with Crippen LogP contribution in [0.25, 0.3) is 0 Å². The van der Waals surface area contributed by atoms with E-state index in [4.69, 9.17) is 9.47 Å². The van der Waals surface area contributed by atoms with Gasteiger partial charge in [-0.15, -0.1) is 12.4 Å². The second kappa shape index (κ2) is 9.43. The Kier molecular flexibility index (Phi) is 7.24. The van der Waals surface area contributed by atoms with Crippen molar-refractivity contribution in [3.63, 3.8) is 0 Å². The molecule has 23 heavy (non-hydrogen) atoms. The highest BCUT2D eigenvalue weighted by atomic mass is 35.5. The highest BCUT2D eigenvalue weighted by molar-refractivity contribution is 5.85. The number of hydrogen-bond acceptors (Lipinski definition) is 3. The Bertz CT molecular complexity index is 571. The Morgan fingerprint density at radius 1 is 0.913 bits per heavy atom. The molecule has 124 valence electrons. The smallest absolute Gasteiger partial charge is 0.161 e. The first-order valence-corrected chi connectivity index (χ1v) is 8.01. The van der Waals surface area contributed by atoms with Crippen LogP contribution in [0.1, 0.15) is 18.4 Å². The fraction of sp³-hybridized carbons (Fsp3) is 0.368. The van der Waals surface area contributed by atoms with Crippen LogP contribution in [0, 0.1) is 5.92 Å². The van der Waals surface area contributed by atoms with Gasteiger partial charge in [0.1, 0.15) is 6.61 Å². The van der Waals surface area contributed by atoms with Crippen molar-refractivity contribution in [2.24, 2.45) is 5.92 Å². The molecular weight excluding hydrogens is 310 g/mol. The molecule has 0 radical (unpaired) electrons. The lowest BCUT2D eigenvalue weighted by molar-refractivity contribution is 0.204. The summed E-state index contributed by atoms with van der Waals surface area (Å²) in [6, 6.07) is 18.1. The summed E-state index contributed by atoms with van der Waals surface area (Å²) in [7, 11) is 0. The first-order chi connectivity index (χ1) is 10.9. The molecule has 0 saturated carbocycles. The molecule has 1 aliphatic rings. The van der Waals surface area contributed by atoms with Crippen LogP contribution in [0.15, 0.2) is 54.6 Å². The molecule has 3 rings (SSSR count). The van der Waals surface area contributed by atoms with E-state index in [2.05, 4.69) is 17.4 Å². The summed E-state index contributed by atoms with van der Waals surface area (Å²) in [5.74, 6) is 2.25. The van der Waals surface area contributed by atoms with E-state index in [0.717, 1.165) is 36.8 Å². The van der Waals surface area contributed by atoms with Crippen molar-refractivity contribution >= 4 is 12.4 Å². The standard InChI is InChI=1S/C19H23NO2.ClH/c1-2-7-16(8-3-1)14-21-18-10-4-5-11-19(18)22-15-17-9-6-12-20-13-17;/h1-5,7-8,10-11,17,20H,6,9,12-15H2;1H/t17-;/m0./s1. The Balaban J connectivity index is 0.00000192. The molecule has 0 aliphatic carbocycles. The van der Waals surface area contributed by atoms with E-state index < -0.39 is 0 Å². The van der Waals surface area contributed by atoms with Gasteiger partial charge in [-0.2, -0.15) is 0 Å². The summed E-state index contributed by atoms with van der Waals surface area (Å²) in [5.41, 5.74) is 1.16. The summed E-state index contributed by atoms with van der Waals surface area (Å²) in [6.07, 6.45) is 2.47. The van der Waals surface area contributed by atoms with E-state index >= 15 is 0 Å². The van der Waals surface area contributed by atoms with Crippen LogP contribution in [-0.4, -0.2) is 19.7 Å². The van der Waals surface area contributed by atoms with Gasteiger partial charge in [-0.1, -0.05) is 42.5 Å². The van der Waals surface area contributed by atoms with Crippen molar-refractivity contribution in [2.45, 2.75) is 19.4 Å². The van der Waals surface area contributed by atoms with Gasteiger partial charge in [-0.3, -0.25) is 0 Å². The largest absolute Gasteiger partial charge is 0.489 e. The minimum atomic E-state index is 0. The van der Waals surface area contributed by atoms with E-state index in [1.165, 1.54) is 12.8 Å². The molecule has 0 unspecified atom stereocenters. The highest BCUT2D eigenvalue weighted by Crippen LogP contribution is 2.28. The number of hydrogen-bond donors (Lipinski definition) is 1. The Hall–Kier alpha value is -1.71. The zero-order valence-corrected chi connectivity index (χ0v) is 14.1. The van der Waals surface area contributed by atoms with Gasteiger partial charge in [0.2, 0.25) is 0 Å². The second-order valence-electron chi connectivity index (χ2n) is 5.74. The number of rotatable bonds is 6. The van der Waals surface area contributed by atoms with Crippen molar-refractivity contribution in [3.05, 3.63) is 60.2 Å². The van der Waals surface area contributed by atoms with E-state index in [1.807, 2.05) is 42.5 Å². The number of piperidine rings is 1.